The van der Waals surface area contributed by atoms with Crippen LogP contribution in [0.15, 0.2) is 42.5 Å². The van der Waals surface area contributed by atoms with Crippen molar-refractivity contribution in [2.24, 2.45) is 5.73 Å². The molecule has 4 rings (SSSR count). The van der Waals surface area contributed by atoms with Crippen LogP contribution in [0, 0.1) is 0 Å². The molecule has 0 saturated carbocycles. The Labute approximate surface area is 229 Å². The Morgan fingerprint density at radius 3 is 2.74 bits per heavy atom. The highest BCUT2D eigenvalue weighted by atomic mass is 16.5. The summed E-state index contributed by atoms with van der Waals surface area (Å²) in [4.78, 5) is 42.5. The molecule has 4 bridgehead atoms. The molecule has 10 heteroatoms. The summed E-state index contributed by atoms with van der Waals surface area (Å²) >= 11 is 0. The number of carbonyl (C=O) groups is 3. The van der Waals surface area contributed by atoms with Crippen LogP contribution in [0.1, 0.15) is 49.5 Å². The first-order chi connectivity index (χ1) is 18.7. The molecule has 0 aliphatic carbocycles. The fraction of sp³-hybridized carbons (Fsp3) is 0.483. The quantitative estimate of drug-likeness (QED) is 0.600. The van der Waals surface area contributed by atoms with Gasteiger partial charge in [0, 0.05) is 44.2 Å². The van der Waals surface area contributed by atoms with Gasteiger partial charge < -0.3 is 35.1 Å². The largest absolute Gasteiger partial charge is 0.491 e. The van der Waals surface area contributed by atoms with E-state index in [1.165, 1.54) is 4.90 Å². The minimum absolute atomic E-state index is 0.0492. The molecule has 0 unspecified atom stereocenters. The zero-order valence-electron chi connectivity index (χ0n) is 22.9. The molecule has 0 aromatic heterocycles. The van der Waals surface area contributed by atoms with Crippen molar-refractivity contribution in [3.8, 4) is 17.2 Å². The summed E-state index contributed by atoms with van der Waals surface area (Å²) in [6.45, 7) is 7.23. The lowest BCUT2D eigenvalue weighted by Gasteiger charge is -2.39. The lowest BCUT2D eigenvalue weighted by molar-refractivity contribution is -0.137. The first-order valence-electron chi connectivity index (χ1n) is 13.5. The molecular weight excluding hydrogens is 500 g/mol. The number of nitrogens with zero attached hydrogens (tertiary/aromatic N) is 2. The number of likely N-dealkylation sites (tertiary alicyclic amines) is 1. The molecule has 3 amide bonds. The van der Waals surface area contributed by atoms with Crippen LogP contribution in [-0.2, 0) is 20.9 Å². The molecule has 2 atom stereocenters. The minimum atomic E-state index is -0.427. The second-order valence-electron chi connectivity index (χ2n) is 10.1. The van der Waals surface area contributed by atoms with Gasteiger partial charge in [-0.2, -0.15) is 0 Å². The van der Waals surface area contributed by atoms with Crippen LogP contribution >= 0.6 is 0 Å². The Morgan fingerprint density at radius 2 is 2.00 bits per heavy atom. The molecule has 2 aliphatic heterocycles. The third kappa shape index (κ3) is 7.48. The van der Waals surface area contributed by atoms with Crippen LogP contribution in [0.2, 0.25) is 0 Å². The third-order valence-corrected chi connectivity index (χ3v) is 6.71. The van der Waals surface area contributed by atoms with E-state index in [0.717, 1.165) is 5.56 Å². The SMILES string of the molecule is CCN1CC(=O)N[C@H]2CN(C(=O)CCN)CC[C@@H]2OCc2cccc(c2)Oc2cc(OC(C)C)cc(c2)C1=O. The molecule has 2 aromatic rings. The fourth-order valence-electron chi connectivity index (χ4n) is 4.84. The Hall–Kier alpha value is -3.63. The summed E-state index contributed by atoms with van der Waals surface area (Å²) < 4.78 is 18.3. The number of rotatable bonds is 5. The van der Waals surface area contributed by atoms with Gasteiger partial charge in [0.2, 0.25) is 11.8 Å². The van der Waals surface area contributed by atoms with E-state index in [-0.39, 0.29) is 49.4 Å². The van der Waals surface area contributed by atoms with E-state index in [2.05, 4.69) is 5.32 Å². The number of piperidine rings is 1. The first kappa shape index (κ1) is 28.4. The van der Waals surface area contributed by atoms with Gasteiger partial charge in [0.15, 0.2) is 0 Å². The summed E-state index contributed by atoms with van der Waals surface area (Å²) in [5.74, 6) is 0.867. The van der Waals surface area contributed by atoms with Gasteiger partial charge in [-0.3, -0.25) is 14.4 Å². The summed E-state index contributed by atoms with van der Waals surface area (Å²) in [5, 5.41) is 3.03. The van der Waals surface area contributed by atoms with Crippen molar-refractivity contribution in [3.63, 3.8) is 0 Å². The predicted octanol–water partition coefficient (Wildman–Crippen LogP) is 2.69. The van der Waals surface area contributed by atoms with E-state index in [9.17, 15) is 14.4 Å². The number of likely N-dealkylation sites (N-methyl/N-ethyl adjacent to an activating group) is 1. The second-order valence-corrected chi connectivity index (χ2v) is 10.1. The number of nitrogens with one attached hydrogen (secondary N) is 1. The van der Waals surface area contributed by atoms with Crippen LogP contribution < -0.4 is 20.5 Å². The Balaban J connectivity index is 1.67. The maximum Gasteiger partial charge on any atom is 0.254 e. The van der Waals surface area contributed by atoms with Crippen LogP contribution in [0.4, 0.5) is 0 Å². The maximum absolute atomic E-state index is 13.5. The summed E-state index contributed by atoms with van der Waals surface area (Å²) in [6, 6.07) is 12.2. The minimum Gasteiger partial charge on any atom is -0.491 e. The molecule has 2 aliphatic rings. The van der Waals surface area contributed by atoms with Gasteiger partial charge in [-0.1, -0.05) is 12.1 Å². The molecule has 1 fully saturated rings. The van der Waals surface area contributed by atoms with Gasteiger partial charge in [0.05, 0.1) is 31.4 Å². The number of ether oxygens (including phenoxy) is 3. The molecule has 3 N–H and O–H groups in total. The van der Waals surface area contributed by atoms with Gasteiger partial charge >= 0.3 is 0 Å². The lowest BCUT2D eigenvalue weighted by atomic mass is 10.0. The highest BCUT2D eigenvalue weighted by molar-refractivity contribution is 5.97. The molecule has 39 heavy (non-hydrogen) atoms. The van der Waals surface area contributed by atoms with Crippen molar-refractivity contribution in [3.05, 3.63) is 53.6 Å². The first-order valence-corrected chi connectivity index (χ1v) is 13.5. The van der Waals surface area contributed by atoms with E-state index in [0.29, 0.717) is 55.5 Å². The average molecular weight is 539 g/mol. The molecule has 0 spiro atoms. The van der Waals surface area contributed by atoms with Crippen molar-refractivity contribution in [2.75, 3.05) is 32.7 Å². The van der Waals surface area contributed by atoms with Crippen molar-refractivity contribution in [1.29, 1.82) is 0 Å². The van der Waals surface area contributed by atoms with Crippen molar-refractivity contribution in [1.82, 2.24) is 15.1 Å². The number of hydrogen-bond donors (Lipinski definition) is 2. The van der Waals surface area contributed by atoms with Crippen molar-refractivity contribution < 1.29 is 28.6 Å². The molecule has 1 saturated heterocycles. The molecule has 10 nitrogen and oxygen atoms in total. The Bertz CT molecular complexity index is 1190. The number of fused-ring (bicyclic) bond motifs is 5. The fourth-order valence-corrected chi connectivity index (χ4v) is 4.84. The number of amides is 3. The molecule has 2 heterocycles. The Kier molecular flexibility index (Phi) is 9.42. The molecule has 0 radical (unpaired) electrons. The van der Waals surface area contributed by atoms with Crippen LogP contribution in [0.5, 0.6) is 17.2 Å². The second kappa shape index (κ2) is 12.9. The third-order valence-electron chi connectivity index (χ3n) is 6.71. The van der Waals surface area contributed by atoms with E-state index in [1.54, 1.807) is 23.1 Å². The Morgan fingerprint density at radius 1 is 1.18 bits per heavy atom. The van der Waals surface area contributed by atoms with E-state index < -0.39 is 6.04 Å². The lowest BCUT2D eigenvalue weighted by Crippen LogP contribution is -2.58. The molecular formula is C29H38N4O6. The van der Waals surface area contributed by atoms with Gasteiger partial charge in [-0.05, 0) is 57.0 Å². The van der Waals surface area contributed by atoms with Gasteiger partial charge in [0.1, 0.15) is 17.2 Å². The molecule has 210 valence electrons. The summed E-state index contributed by atoms with van der Waals surface area (Å²) in [6.07, 6.45) is 0.410. The number of hydrogen-bond acceptors (Lipinski definition) is 7. The average Bonchev–Trinajstić information content (AvgIpc) is 2.90. The van der Waals surface area contributed by atoms with E-state index >= 15 is 0 Å². The monoisotopic (exact) mass is 538 g/mol. The van der Waals surface area contributed by atoms with E-state index in [4.69, 9.17) is 19.9 Å². The maximum atomic E-state index is 13.5. The van der Waals surface area contributed by atoms with Crippen LogP contribution in [0.3, 0.4) is 0 Å². The van der Waals surface area contributed by atoms with Crippen molar-refractivity contribution in [2.45, 2.75) is 58.5 Å². The van der Waals surface area contributed by atoms with Crippen molar-refractivity contribution >= 4 is 17.7 Å². The highest BCUT2D eigenvalue weighted by Gasteiger charge is 2.33. The van der Waals surface area contributed by atoms with Gasteiger partial charge in [-0.25, -0.2) is 0 Å². The van der Waals surface area contributed by atoms with E-state index in [1.807, 2.05) is 45.0 Å². The summed E-state index contributed by atoms with van der Waals surface area (Å²) in [7, 11) is 0. The highest BCUT2D eigenvalue weighted by Crippen LogP contribution is 2.30. The van der Waals surface area contributed by atoms with Crippen LogP contribution in [-0.4, -0.2) is 78.5 Å². The van der Waals surface area contributed by atoms with Gasteiger partial charge in [0.25, 0.3) is 5.91 Å². The van der Waals surface area contributed by atoms with Gasteiger partial charge in [-0.15, -0.1) is 0 Å². The predicted molar refractivity (Wildman–Crippen MR) is 146 cm³/mol. The number of nitrogens with two attached hydrogens (primary N) is 1. The normalized spacial score (nSPS) is 20.2. The van der Waals surface area contributed by atoms with Crippen LogP contribution in [0.25, 0.3) is 0 Å². The zero-order valence-corrected chi connectivity index (χ0v) is 22.9. The number of benzene rings is 2. The zero-order chi connectivity index (χ0) is 27.9. The smallest absolute Gasteiger partial charge is 0.254 e. The topological polar surface area (TPSA) is 123 Å². The number of carbonyl (C=O) groups excluding carboxylic acids is 3. The summed E-state index contributed by atoms with van der Waals surface area (Å²) in [5.41, 5.74) is 6.85. The standard InChI is InChI=1S/C29H38N4O6/c1-4-32-17-27(34)31-25-16-33(28(35)8-10-30)11-9-26(25)37-18-20-6-5-7-22(12-20)39-24-14-21(29(32)36)13-23(15-24)38-19(2)3/h5-7,12-15,19,25-26H,4,8-11,16-18,30H2,1-3H3,(H,31,34)/t25-,26-/m0/s1. The molecule has 2 aromatic carbocycles.